The lowest BCUT2D eigenvalue weighted by molar-refractivity contribution is 0.619. The highest BCUT2D eigenvalue weighted by molar-refractivity contribution is 5.52. The fourth-order valence-electron chi connectivity index (χ4n) is 2.47. The maximum atomic E-state index is 13.5. The molecule has 100 valence electrons. The molecule has 19 heavy (non-hydrogen) atoms. The van der Waals surface area contributed by atoms with Gasteiger partial charge in [-0.1, -0.05) is 23.8 Å². The highest BCUT2D eigenvalue weighted by atomic mass is 19.1. The van der Waals surface area contributed by atoms with Gasteiger partial charge >= 0.3 is 0 Å². The van der Waals surface area contributed by atoms with E-state index in [0.29, 0.717) is 5.56 Å². The Hall–Kier alpha value is -1.83. The molecule has 0 saturated heterocycles. The van der Waals surface area contributed by atoms with Crippen LogP contribution in [0.3, 0.4) is 0 Å². The Morgan fingerprint density at radius 3 is 2.26 bits per heavy atom. The molecule has 0 unspecified atom stereocenters. The van der Waals surface area contributed by atoms with E-state index < -0.39 is 0 Å². The highest BCUT2D eigenvalue weighted by Crippen LogP contribution is 2.21. The second-order valence-electron chi connectivity index (χ2n) is 5.14. The Labute approximate surface area is 114 Å². The minimum atomic E-state index is -0.164. The number of halogens is 1. The van der Waals surface area contributed by atoms with Crippen LogP contribution >= 0.6 is 0 Å². The van der Waals surface area contributed by atoms with Crippen LogP contribution in [-0.4, -0.2) is 0 Å². The fourth-order valence-corrected chi connectivity index (χ4v) is 2.47. The summed E-state index contributed by atoms with van der Waals surface area (Å²) in [5, 5.41) is 3.33. The van der Waals surface area contributed by atoms with Gasteiger partial charge in [-0.2, -0.15) is 0 Å². The molecule has 0 aliphatic carbocycles. The third-order valence-corrected chi connectivity index (χ3v) is 3.56. The third kappa shape index (κ3) is 2.95. The smallest absolute Gasteiger partial charge is 0.128 e. The van der Waals surface area contributed by atoms with E-state index in [1.807, 2.05) is 6.07 Å². The van der Waals surface area contributed by atoms with Crippen molar-refractivity contribution >= 4 is 5.69 Å². The minimum absolute atomic E-state index is 0.164. The highest BCUT2D eigenvalue weighted by Gasteiger charge is 2.06. The monoisotopic (exact) mass is 257 g/mol. The normalized spacial score (nSPS) is 10.6. The summed E-state index contributed by atoms with van der Waals surface area (Å²) in [6.45, 7) is 8.87. The molecule has 0 spiro atoms. The Bertz CT molecular complexity index is 579. The van der Waals surface area contributed by atoms with Gasteiger partial charge in [0.05, 0.1) is 0 Å². The van der Waals surface area contributed by atoms with Crippen LogP contribution in [0.4, 0.5) is 10.1 Å². The molecule has 0 atom stereocenters. The molecule has 1 nitrogen and oxygen atoms in total. The summed E-state index contributed by atoms with van der Waals surface area (Å²) in [5.41, 5.74) is 6.65. The maximum Gasteiger partial charge on any atom is 0.128 e. The van der Waals surface area contributed by atoms with Crippen molar-refractivity contribution in [2.75, 3.05) is 5.32 Å². The summed E-state index contributed by atoms with van der Waals surface area (Å²) in [5.74, 6) is -0.164. The number of hydrogen-bond donors (Lipinski definition) is 1. The Morgan fingerprint density at radius 2 is 1.63 bits per heavy atom. The third-order valence-electron chi connectivity index (χ3n) is 3.56. The first-order chi connectivity index (χ1) is 8.99. The van der Waals surface area contributed by atoms with Gasteiger partial charge in [0.25, 0.3) is 0 Å². The summed E-state index contributed by atoms with van der Waals surface area (Å²) in [7, 11) is 0. The van der Waals surface area contributed by atoms with Crippen molar-refractivity contribution in [1.82, 2.24) is 0 Å². The zero-order valence-corrected chi connectivity index (χ0v) is 12.0. The predicted octanol–water partition coefficient (Wildman–Crippen LogP) is 4.67. The van der Waals surface area contributed by atoms with E-state index in [0.717, 1.165) is 12.2 Å². The van der Waals surface area contributed by atoms with E-state index >= 15 is 0 Å². The van der Waals surface area contributed by atoms with Gasteiger partial charge in [0.15, 0.2) is 0 Å². The number of aryl methyl sites for hydroxylation is 3. The van der Waals surface area contributed by atoms with Crippen molar-refractivity contribution in [2.45, 2.75) is 34.2 Å². The Balaban J connectivity index is 2.22. The van der Waals surface area contributed by atoms with E-state index in [2.05, 4.69) is 38.2 Å². The molecule has 0 aromatic heterocycles. The van der Waals surface area contributed by atoms with Crippen molar-refractivity contribution in [1.29, 1.82) is 0 Å². The molecule has 0 heterocycles. The first kappa shape index (κ1) is 13.6. The second kappa shape index (κ2) is 5.43. The van der Waals surface area contributed by atoms with Crippen LogP contribution in [0.25, 0.3) is 0 Å². The molecular formula is C17H20FN. The van der Waals surface area contributed by atoms with Crippen molar-refractivity contribution in [3.05, 3.63) is 64.0 Å². The topological polar surface area (TPSA) is 12.0 Å². The summed E-state index contributed by atoms with van der Waals surface area (Å²) in [4.78, 5) is 0. The van der Waals surface area contributed by atoms with Crippen LogP contribution in [0.5, 0.6) is 0 Å². The average molecular weight is 257 g/mol. The lowest BCUT2D eigenvalue weighted by Gasteiger charge is -2.14. The van der Waals surface area contributed by atoms with Crippen molar-refractivity contribution in [3.63, 3.8) is 0 Å². The van der Waals surface area contributed by atoms with Gasteiger partial charge in [0.1, 0.15) is 5.82 Å². The maximum absolute atomic E-state index is 13.5. The van der Waals surface area contributed by atoms with Crippen LogP contribution in [0.15, 0.2) is 30.3 Å². The van der Waals surface area contributed by atoms with Crippen molar-refractivity contribution < 1.29 is 4.39 Å². The molecule has 0 bridgehead atoms. The fraction of sp³-hybridized carbons (Fsp3) is 0.294. The van der Waals surface area contributed by atoms with Gasteiger partial charge in [0.2, 0.25) is 0 Å². The predicted molar refractivity (Wildman–Crippen MR) is 79.1 cm³/mol. The van der Waals surface area contributed by atoms with E-state index in [-0.39, 0.29) is 5.82 Å². The SMILES string of the molecule is Cc1cc(C)c(CNc2cccc(F)c2C)c(C)c1. The summed E-state index contributed by atoms with van der Waals surface area (Å²) in [6.07, 6.45) is 0. The Morgan fingerprint density at radius 1 is 1.00 bits per heavy atom. The molecule has 0 saturated carbocycles. The zero-order valence-electron chi connectivity index (χ0n) is 12.0. The molecule has 1 N–H and O–H groups in total. The van der Waals surface area contributed by atoms with Gasteiger partial charge in [0, 0.05) is 17.8 Å². The number of rotatable bonds is 3. The van der Waals surface area contributed by atoms with Crippen LogP contribution in [0, 0.1) is 33.5 Å². The van der Waals surface area contributed by atoms with Crippen LogP contribution < -0.4 is 5.32 Å². The first-order valence-corrected chi connectivity index (χ1v) is 6.54. The average Bonchev–Trinajstić information content (AvgIpc) is 2.33. The van der Waals surface area contributed by atoms with Crippen LogP contribution in [0.2, 0.25) is 0 Å². The van der Waals surface area contributed by atoms with Crippen molar-refractivity contribution in [3.8, 4) is 0 Å². The van der Waals surface area contributed by atoms with E-state index in [1.54, 1.807) is 13.0 Å². The lowest BCUT2D eigenvalue weighted by atomic mass is 9.99. The molecule has 2 aromatic rings. The van der Waals surface area contributed by atoms with Crippen LogP contribution in [0.1, 0.15) is 27.8 Å². The number of benzene rings is 2. The molecule has 0 fully saturated rings. The van der Waals surface area contributed by atoms with Gasteiger partial charge in [-0.05, 0) is 56.5 Å². The summed E-state index contributed by atoms with van der Waals surface area (Å²) < 4.78 is 13.5. The van der Waals surface area contributed by atoms with Gasteiger partial charge in [-0.3, -0.25) is 0 Å². The lowest BCUT2D eigenvalue weighted by Crippen LogP contribution is -2.05. The van der Waals surface area contributed by atoms with Gasteiger partial charge in [-0.15, -0.1) is 0 Å². The zero-order chi connectivity index (χ0) is 14.0. The Kier molecular flexibility index (Phi) is 3.89. The molecule has 0 amide bonds. The van der Waals surface area contributed by atoms with E-state index in [9.17, 15) is 4.39 Å². The molecular weight excluding hydrogens is 237 g/mol. The van der Waals surface area contributed by atoms with Gasteiger partial charge in [-0.25, -0.2) is 4.39 Å². The second-order valence-corrected chi connectivity index (χ2v) is 5.14. The molecule has 2 heteroatoms. The number of hydrogen-bond acceptors (Lipinski definition) is 1. The molecule has 0 radical (unpaired) electrons. The molecule has 2 aromatic carbocycles. The van der Waals surface area contributed by atoms with Crippen LogP contribution in [-0.2, 0) is 6.54 Å². The number of anilines is 1. The minimum Gasteiger partial charge on any atom is -0.381 e. The summed E-state index contributed by atoms with van der Waals surface area (Å²) >= 11 is 0. The largest absolute Gasteiger partial charge is 0.381 e. The van der Waals surface area contributed by atoms with Gasteiger partial charge < -0.3 is 5.32 Å². The molecule has 0 aliphatic heterocycles. The molecule has 2 rings (SSSR count). The van der Waals surface area contributed by atoms with E-state index in [1.165, 1.54) is 28.3 Å². The number of nitrogens with one attached hydrogen (secondary N) is 1. The van der Waals surface area contributed by atoms with E-state index in [4.69, 9.17) is 0 Å². The summed E-state index contributed by atoms with van der Waals surface area (Å²) in [6, 6.07) is 9.50. The molecule has 0 aliphatic rings. The van der Waals surface area contributed by atoms with Crippen molar-refractivity contribution in [2.24, 2.45) is 0 Å². The standard InChI is InChI=1S/C17H20FN/c1-11-8-12(2)15(13(3)9-11)10-19-17-7-5-6-16(18)14(17)4/h5-9,19H,10H2,1-4H3. The first-order valence-electron chi connectivity index (χ1n) is 6.54. The quantitative estimate of drug-likeness (QED) is 0.842.